The minimum Gasteiger partial charge on any atom is -0.437 e. The van der Waals surface area contributed by atoms with E-state index in [1.165, 1.54) is 0 Å². The molecule has 2 N–H and O–H groups in total. The summed E-state index contributed by atoms with van der Waals surface area (Å²) in [6.45, 7) is 5.97. The Bertz CT molecular complexity index is 490. The van der Waals surface area contributed by atoms with Crippen molar-refractivity contribution in [1.29, 1.82) is 0 Å². The third-order valence-electron chi connectivity index (χ3n) is 2.99. The van der Waals surface area contributed by atoms with Crippen molar-refractivity contribution in [2.45, 2.75) is 37.3 Å². The maximum absolute atomic E-state index is 6.24. The number of hydrogen-bond donors (Lipinski definition) is 1. The van der Waals surface area contributed by atoms with Gasteiger partial charge in [0.1, 0.15) is 5.76 Å². The molecule has 0 saturated carbocycles. The zero-order valence-corrected chi connectivity index (χ0v) is 11.7. The van der Waals surface area contributed by atoms with E-state index in [-0.39, 0.29) is 11.3 Å². The summed E-state index contributed by atoms with van der Waals surface area (Å²) >= 11 is 1.58. The van der Waals surface area contributed by atoms with Crippen molar-refractivity contribution in [3.63, 3.8) is 0 Å². The first-order valence-corrected chi connectivity index (χ1v) is 6.87. The Morgan fingerprint density at radius 2 is 1.89 bits per heavy atom. The fraction of sp³-hybridized carbons (Fsp3) is 0.357. The van der Waals surface area contributed by atoms with Crippen LogP contribution in [0.25, 0.3) is 0 Å². The average molecular weight is 262 g/mol. The van der Waals surface area contributed by atoms with Gasteiger partial charge in [0.25, 0.3) is 5.22 Å². The van der Waals surface area contributed by atoms with Crippen molar-refractivity contribution >= 4 is 11.8 Å². The summed E-state index contributed by atoms with van der Waals surface area (Å²) < 4.78 is 5.57. The monoisotopic (exact) mass is 262 g/mol. The number of thioether (sulfide) groups is 1. The number of oxazole rings is 1. The number of aryl methyl sites for hydroxylation is 2. The zero-order chi connectivity index (χ0) is 13.1. The molecule has 0 aliphatic rings. The van der Waals surface area contributed by atoms with Crippen LogP contribution >= 0.6 is 11.8 Å². The highest BCUT2D eigenvalue weighted by Crippen LogP contribution is 2.30. The summed E-state index contributed by atoms with van der Waals surface area (Å²) in [5.74, 6) is 0.873. The summed E-state index contributed by atoms with van der Waals surface area (Å²) in [5, 5.41) is 0.911. The Morgan fingerprint density at radius 3 is 2.44 bits per heavy atom. The maximum atomic E-state index is 6.24. The molecule has 3 nitrogen and oxygen atoms in total. The van der Waals surface area contributed by atoms with Gasteiger partial charge in [0.05, 0.1) is 5.69 Å². The molecule has 2 aromatic rings. The molecule has 2 atom stereocenters. The van der Waals surface area contributed by atoms with Crippen molar-refractivity contribution in [3.05, 3.63) is 47.3 Å². The van der Waals surface area contributed by atoms with Gasteiger partial charge in [-0.3, -0.25) is 0 Å². The normalized spacial score (nSPS) is 14.4. The molecule has 0 radical (unpaired) electrons. The number of hydrogen-bond acceptors (Lipinski definition) is 4. The molecule has 96 valence electrons. The van der Waals surface area contributed by atoms with Gasteiger partial charge in [-0.2, -0.15) is 0 Å². The van der Waals surface area contributed by atoms with E-state index in [0.717, 1.165) is 17.0 Å². The number of aromatic nitrogens is 1. The van der Waals surface area contributed by atoms with E-state index in [0.29, 0.717) is 5.22 Å². The molecule has 0 amide bonds. The van der Waals surface area contributed by atoms with Gasteiger partial charge in [0.15, 0.2) is 0 Å². The van der Waals surface area contributed by atoms with Gasteiger partial charge in [-0.1, -0.05) is 49.0 Å². The van der Waals surface area contributed by atoms with Crippen LogP contribution < -0.4 is 5.73 Å². The van der Waals surface area contributed by atoms with Gasteiger partial charge in [-0.15, -0.1) is 0 Å². The minimum atomic E-state index is -0.0243. The second-order valence-corrected chi connectivity index (χ2v) is 5.71. The first-order chi connectivity index (χ1) is 8.58. The predicted octanol–water partition coefficient (Wildman–Crippen LogP) is 3.47. The van der Waals surface area contributed by atoms with Crippen LogP contribution in [-0.4, -0.2) is 10.2 Å². The Balaban J connectivity index is 2.06. The Labute approximate surface area is 112 Å². The summed E-state index contributed by atoms with van der Waals surface area (Å²) in [6.07, 6.45) is 0. The molecular formula is C14H18N2OS. The van der Waals surface area contributed by atoms with Crippen LogP contribution in [0, 0.1) is 13.8 Å². The summed E-state index contributed by atoms with van der Waals surface area (Å²) in [5.41, 5.74) is 8.32. The SMILES string of the molecule is Cc1nc(SC(C)C(N)c2ccccc2)oc1C. The molecule has 4 heteroatoms. The first kappa shape index (κ1) is 13.2. The van der Waals surface area contributed by atoms with Crippen LogP contribution in [0.15, 0.2) is 40.0 Å². The van der Waals surface area contributed by atoms with Crippen molar-refractivity contribution in [3.8, 4) is 0 Å². The lowest BCUT2D eigenvalue weighted by Gasteiger charge is -2.18. The van der Waals surface area contributed by atoms with Crippen molar-refractivity contribution < 1.29 is 4.42 Å². The second-order valence-electron chi connectivity index (χ2n) is 4.38. The third-order valence-corrected chi connectivity index (χ3v) is 4.03. The van der Waals surface area contributed by atoms with Gasteiger partial charge in [0, 0.05) is 11.3 Å². The first-order valence-electron chi connectivity index (χ1n) is 5.99. The molecule has 0 fully saturated rings. The summed E-state index contributed by atoms with van der Waals surface area (Å²) in [4.78, 5) is 4.37. The van der Waals surface area contributed by atoms with E-state index >= 15 is 0 Å². The molecule has 0 spiro atoms. The van der Waals surface area contributed by atoms with Crippen molar-refractivity contribution in [1.82, 2.24) is 4.98 Å². The molecule has 18 heavy (non-hydrogen) atoms. The van der Waals surface area contributed by atoms with Crippen LogP contribution in [0.1, 0.15) is 30.0 Å². The van der Waals surface area contributed by atoms with E-state index < -0.39 is 0 Å². The molecule has 0 aliphatic carbocycles. The highest BCUT2D eigenvalue weighted by atomic mass is 32.2. The van der Waals surface area contributed by atoms with Crippen molar-refractivity contribution in [2.24, 2.45) is 5.73 Å². The van der Waals surface area contributed by atoms with E-state index in [1.54, 1.807) is 11.8 Å². The Kier molecular flexibility index (Phi) is 4.09. The van der Waals surface area contributed by atoms with Crippen LogP contribution in [0.5, 0.6) is 0 Å². The molecule has 1 heterocycles. The largest absolute Gasteiger partial charge is 0.437 e. The lowest BCUT2D eigenvalue weighted by molar-refractivity contribution is 0.429. The summed E-state index contributed by atoms with van der Waals surface area (Å²) in [7, 11) is 0. The second kappa shape index (κ2) is 5.59. The van der Waals surface area contributed by atoms with E-state index in [1.807, 2.05) is 44.2 Å². The third kappa shape index (κ3) is 2.94. The number of rotatable bonds is 4. The standard InChI is InChI=1S/C14H18N2OS/c1-9-10(2)17-14(16-9)18-11(3)13(15)12-7-5-4-6-8-12/h4-8,11,13H,15H2,1-3H3. The van der Waals surface area contributed by atoms with Gasteiger partial charge < -0.3 is 10.2 Å². The van der Waals surface area contributed by atoms with Crippen molar-refractivity contribution in [2.75, 3.05) is 0 Å². The van der Waals surface area contributed by atoms with Gasteiger partial charge in [-0.05, 0) is 19.4 Å². The van der Waals surface area contributed by atoms with Crippen LogP contribution in [0.2, 0.25) is 0 Å². The number of nitrogens with two attached hydrogens (primary N) is 1. The lowest BCUT2D eigenvalue weighted by Crippen LogP contribution is -2.20. The van der Waals surface area contributed by atoms with Gasteiger partial charge in [-0.25, -0.2) is 4.98 Å². The molecule has 1 aromatic carbocycles. The molecule has 0 bridgehead atoms. The van der Waals surface area contributed by atoms with Gasteiger partial charge in [0.2, 0.25) is 0 Å². The van der Waals surface area contributed by atoms with E-state index in [9.17, 15) is 0 Å². The maximum Gasteiger partial charge on any atom is 0.256 e. The molecule has 0 saturated heterocycles. The molecule has 2 unspecified atom stereocenters. The average Bonchev–Trinajstić information content (AvgIpc) is 2.68. The lowest BCUT2D eigenvalue weighted by atomic mass is 10.1. The smallest absolute Gasteiger partial charge is 0.256 e. The van der Waals surface area contributed by atoms with E-state index in [4.69, 9.17) is 10.2 Å². The fourth-order valence-electron chi connectivity index (χ4n) is 1.67. The van der Waals surface area contributed by atoms with E-state index in [2.05, 4.69) is 11.9 Å². The summed E-state index contributed by atoms with van der Waals surface area (Å²) in [6, 6.07) is 10.1. The quantitative estimate of drug-likeness (QED) is 0.857. The molecular weight excluding hydrogens is 244 g/mol. The van der Waals surface area contributed by atoms with Gasteiger partial charge >= 0.3 is 0 Å². The number of benzene rings is 1. The Hall–Kier alpha value is -1.26. The Morgan fingerprint density at radius 1 is 1.22 bits per heavy atom. The zero-order valence-electron chi connectivity index (χ0n) is 10.9. The highest BCUT2D eigenvalue weighted by molar-refractivity contribution is 7.99. The fourth-order valence-corrected chi connectivity index (χ4v) is 2.66. The topological polar surface area (TPSA) is 52.0 Å². The van der Waals surface area contributed by atoms with Crippen LogP contribution in [-0.2, 0) is 0 Å². The minimum absolute atomic E-state index is 0.0243. The number of nitrogens with zero attached hydrogens (tertiary/aromatic N) is 1. The molecule has 1 aromatic heterocycles. The van der Waals surface area contributed by atoms with Crippen LogP contribution in [0.4, 0.5) is 0 Å². The highest BCUT2D eigenvalue weighted by Gasteiger charge is 2.18. The van der Waals surface area contributed by atoms with Crippen LogP contribution in [0.3, 0.4) is 0 Å². The molecule has 0 aliphatic heterocycles. The molecule has 2 rings (SSSR count). The predicted molar refractivity (Wildman–Crippen MR) is 74.7 cm³/mol.